The molecule has 0 radical (unpaired) electrons. The van der Waals surface area contributed by atoms with Crippen molar-refractivity contribution < 1.29 is 4.79 Å². The molecule has 1 saturated heterocycles. The summed E-state index contributed by atoms with van der Waals surface area (Å²) in [6.07, 6.45) is 5.90. The SMILES string of the molecule is CCn1c(CN2CCCCCC2=O)nnc1SCc1cn(-c2ccccc2)nc1-c1ccccc1. The summed E-state index contributed by atoms with van der Waals surface area (Å²) in [6.45, 7) is 4.20. The van der Waals surface area contributed by atoms with E-state index >= 15 is 0 Å². The van der Waals surface area contributed by atoms with Gasteiger partial charge < -0.3 is 9.47 Å². The third-order valence-corrected chi connectivity index (χ3v) is 7.34. The number of carbonyl (C=O) groups excluding carboxylic acids is 1. The van der Waals surface area contributed by atoms with Crippen molar-refractivity contribution in [3.8, 4) is 16.9 Å². The minimum atomic E-state index is 0.225. The van der Waals surface area contributed by atoms with Gasteiger partial charge in [-0.25, -0.2) is 4.68 Å². The number of thioether (sulfide) groups is 1. The molecule has 2 aromatic heterocycles. The van der Waals surface area contributed by atoms with Crippen LogP contribution >= 0.6 is 11.8 Å². The topological polar surface area (TPSA) is 68.8 Å². The predicted molar refractivity (Wildman–Crippen MR) is 138 cm³/mol. The van der Waals surface area contributed by atoms with Gasteiger partial charge in [0.2, 0.25) is 5.91 Å². The monoisotopic (exact) mass is 486 g/mol. The largest absolute Gasteiger partial charge is 0.335 e. The van der Waals surface area contributed by atoms with Crippen LogP contribution in [0.2, 0.25) is 0 Å². The molecule has 0 spiro atoms. The van der Waals surface area contributed by atoms with Gasteiger partial charge in [0.15, 0.2) is 11.0 Å². The number of hydrogen-bond donors (Lipinski definition) is 0. The van der Waals surface area contributed by atoms with Crippen molar-refractivity contribution in [3.05, 3.63) is 78.2 Å². The van der Waals surface area contributed by atoms with E-state index < -0.39 is 0 Å². The molecule has 180 valence electrons. The molecule has 3 heterocycles. The summed E-state index contributed by atoms with van der Waals surface area (Å²) >= 11 is 1.66. The first kappa shape index (κ1) is 23.4. The van der Waals surface area contributed by atoms with Crippen LogP contribution in [0.1, 0.15) is 44.0 Å². The maximum absolute atomic E-state index is 12.5. The summed E-state index contributed by atoms with van der Waals surface area (Å²) in [5, 5.41) is 14.8. The second kappa shape index (κ2) is 10.9. The highest BCUT2D eigenvalue weighted by atomic mass is 32.2. The van der Waals surface area contributed by atoms with Gasteiger partial charge in [-0.2, -0.15) is 5.10 Å². The Bertz CT molecular complexity index is 1270. The Kier molecular flexibility index (Phi) is 7.28. The highest BCUT2D eigenvalue weighted by molar-refractivity contribution is 7.98. The van der Waals surface area contributed by atoms with Crippen molar-refractivity contribution in [1.82, 2.24) is 29.4 Å². The molecule has 5 rings (SSSR count). The molecule has 0 aliphatic carbocycles. The molecule has 0 saturated carbocycles. The van der Waals surface area contributed by atoms with Gasteiger partial charge in [0.1, 0.15) is 0 Å². The molecule has 0 bridgehead atoms. The second-order valence-corrected chi connectivity index (χ2v) is 9.65. The highest BCUT2D eigenvalue weighted by Gasteiger charge is 2.21. The first-order chi connectivity index (χ1) is 17.2. The van der Waals surface area contributed by atoms with Crippen LogP contribution in [0.5, 0.6) is 0 Å². The van der Waals surface area contributed by atoms with E-state index in [4.69, 9.17) is 5.10 Å². The molecule has 0 N–H and O–H groups in total. The third kappa shape index (κ3) is 5.32. The summed E-state index contributed by atoms with van der Waals surface area (Å²) in [4.78, 5) is 14.4. The van der Waals surface area contributed by atoms with Gasteiger partial charge in [0, 0.05) is 42.6 Å². The smallest absolute Gasteiger partial charge is 0.222 e. The van der Waals surface area contributed by atoms with Crippen LogP contribution in [0.3, 0.4) is 0 Å². The molecule has 0 atom stereocenters. The number of rotatable bonds is 8. The molecule has 35 heavy (non-hydrogen) atoms. The van der Waals surface area contributed by atoms with Gasteiger partial charge in [-0.1, -0.05) is 66.7 Å². The molecule has 4 aromatic rings. The third-order valence-electron chi connectivity index (χ3n) is 6.33. The van der Waals surface area contributed by atoms with E-state index in [1.54, 1.807) is 11.8 Å². The fraction of sp³-hybridized carbons (Fsp3) is 0.333. The molecule has 1 amide bonds. The van der Waals surface area contributed by atoms with Crippen molar-refractivity contribution in [3.63, 3.8) is 0 Å². The number of nitrogens with zero attached hydrogens (tertiary/aromatic N) is 6. The number of benzene rings is 2. The Labute approximate surface area is 210 Å². The zero-order valence-electron chi connectivity index (χ0n) is 20.0. The summed E-state index contributed by atoms with van der Waals surface area (Å²) < 4.78 is 4.08. The Morgan fingerprint density at radius 1 is 0.943 bits per heavy atom. The first-order valence-corrected chi connectivity index (χ1v) is 13.2. The molecule has 1 aliphatic rings. The number of para-hydroxylation sites is 1. The van der Waals surface area contributed by atoms with Gasteiger partial charge in [-0.15, -0.1) is 10.2 Å². The Morgan fingerprint density at radius 2 is 1.71 bits per heavy atom. The number of amides is 1. The molecule has 1 fully saturated rings. The predicted octanol–water partition coefficient (Wildman–Crippen LogP) is 5.35. The van der Waals surface area contributed by atoms with Crippen molar-refractivity contribution in [1.29, 1.82) is 0 Å². The maximum atomic E-state index is 12.5. The van der Waals surface area contributed by atoms with Crippen LogP contribution in [-0.2, 0) is 23.6 Å². The van der Waals surface area contributed by atoms with E-state index in [1.165, 1.54) is 0 Å². The summed E-state index contributed by atoms with van der Waals surface area (Å²) in [7, 11) is 0. The number of likely N-dealkylation sites (tertiary alicyclic amines) is 1. The quantitative estimate of drug-likeness (QED) is 0.314. The van der Waals surface area contributed by atoms with Gasteiger partial charge >= 0.3 is 0 Å². The van der Waals surface area contributed by atoms with E-state index in [0.29, 0.717) is 13.0 Å². The average molecular weight is 487 g/mol. The normalized spacial score (nSPS) is 14.3. The van der Waals surface area contributed by atoms with Gasteiger partial charge in [0.05, 0.1) is 17.9 Å². The lowest BCUT2D eigenvalue weighted by Gasteiger charge is -2.20. The lowest BCUT2D eigenvalue weighted by molar-refractivity contribution is -0.131. The van der Waals surface area contributed by atoms with Crippen LogP contribution in [0.15, 0.2) is 72.0 Å². The van der Waals surface area contributed by atoms with Gasteiger partial charge in [-0.05, 0) is 31.9 Å². The van der Waals surface area contributed by atoms with Gasteiger partial charge in [0.25, 0.3) is 0 Å². The number of carbonyl (C=O) groups is 1. The molecule has 0 unspecified atom stereocenters. The van der Waals surface area contributed by atoms with E-state index in [0.717, 1.165) is 71.6 Å². The number of hydrogen-bond acceptors (Lipinski definition) is 5. The fourth-order valence-electron chi connectivity index (χ4n) is 4.45. The average Bonchev–Trinajstić information content (AvgIpc) is 3.44. The lowest BCUT2D eigenvalue weighted by atomic mass is 10.1. The maximum Gasteiger partial charge on any atom is 0.222 e. The van der Waals surface area contributed by atoms with Gasteiger partial charge in [-0.3, -0.25) is 4.79 Å². The van der Waals surface area contributed by atoms with Crippen molar-refractivity contribution >= 4 is 17.7 Å². The van der Waals surface area contributed by atoms with Crippen LogP contribution in [0, 0.1) is 0 Å². The van der Waals surface area contributed by atoms with Crippen LogP contribution in [-0.4, -0.2) is 41.9 Å². The summed E-state index contributed by atoms with van der Waals surface area (Å²) in [5.74, 6) is 1.80. The summed E-state index contributed by atoms with van der Waals surface area (Å²) in [5.41, 5.74) is 4.23. The summed E-state index contributed by atoms with van der Waals surface area (Å²) in [6, 6.07) is 20.5. The molecule has 7 nitrogen and oxygen atoms in total. The van der Waals surface area contributed by atoms with Crippen LogP contribution in [0.25, 0.3) is 16.9 Å². The van der Waals surface area contributed by atoms with Crippen LogP contribution < -0.4 is 0 Å². The van der Waals surface area contributed by atoms with E-state index in [2.05, 4.69) is 52.2 Å². The second-order valence-electron chi connectivity index (χ2n) is 8.71. The molecular weight excluding hydrogens is 456 g/mol. The minimum Gasteiger partial charge on any atom is -0.335 e. The molecule has 1 aliphatic heterocycles. The van der Waals surface area contributed by atoms with Crippen molar-refractivity contribution in [2.45, 2.75) is 56.6 Å². The Morgan fingerprint density at radius 3 is 2.49 bits per heavy atom. The minimum absolute atomic E-state index is 0.225. The van der Waals surface area contributed by atoms with E-state index in [1.807, 2.05) is 46.0 Å². The Hall–Kier alpha value is -3.39. The molecular formula is C27H30N6OS. The van der Waals surface area contributed by atoms with E-state index in [-0.39, 0.29) is 5.91 Å². The zero-order valence-corrected chi connectivity index (χ0v) is 20.8. The number of aromatic nitrogens is 5. The highest BCUT2D eigenvalue weighted by Crippen LogP contribution is 2.30. The van der Waals surface area contributed by atoms with Crippen LogP contribution in [0.4, 0.5) is 0 Å². The lowest BCUT2D eigenvalue weighted by Crippen LogP contribution is -2.31. The zero-order chi connectivity index (χ0) is 24.0. The fourth-order valence-corrected chi connectivity index (χ4v) is 5.43. The molecule has 2 aromatic carbocycles. The Balaban J connectivity index is 1.38. The molecule has 8 heteroatoms. The van der Waals surface area contributed by atoms with Crippen molar-refractivity contribution in [2.24, 2.45) is 0 Å². The standard InChI is InChI=1S/C27H30N6OS/c1-2-32-24(19-31-17-11-5-10-16-25(31)34)28-29-27(32)35-20-22-18-33(23-14-8-4-9-15-23)30-26(22)21-12-6-3-7-13-21/h3-4,6-9,12-15,18H,2,5,10-11,16-17,19-20H2,1H3. The van der Waals surface area contributed by atoms with E-state index in [9.17, 15) is 4.79 Å². The first-order valence-electron chi connectivity index (χ1n) is 12.2. The van der Waals surface area contributed by atoms with Crippen molar-refractivity contribution in [2.75, 3.05) is 6.54 Å².